The third-order valence-electron chi connectivity index (χ3n) is 2.79. The van der Waals surface area contributed by atoms with Crippen molar-refractivity contribution < 1.29 is 9.90 Å². The largest absolute Gasteiger partial charge is 0.481 e. The minimum atomic E-state index is -0.728. The fraction of sp³-hybridized carbons (Fsp3) is 0.462. The predicted octanol–water partition coefficient (Wildman–Crippen LogP) is 1.93. The molecule has 0 amide bonds. The molecule has 1 aromatic carbocycles. The van der Waals surface area contributed by atoms with Crippen LogP contribution in [0.15, 0.2) is 30.3 Å². The number of hydrogen-bond acceptors (Lipinski definition) is 2. The highest BCUT2D eigenvalue weighted by Gasteiger charge is 2.17. The maximum Gasteiger partial charge on any atom is 0.306 e. The number of benzene rings is 1. The monoisotopic (exact) mass is 221 g/mol. The smallest absolute Gasteiger partial charge is 0.306 e. The van der Waals surface area contributed by atoms with E-state index in [1.54, 1.807) is 6.92 Å². The Bertz CT molecular complexity index is 324. The summed E-state index contributed by atoms with van der Waals surface area (Å²) in [5.74, 6) is -1.03. The van der Waals surface area contributed by atoms with Crippen LogP contribution in [0.2, 0.25) is 0 Å². The fourth-order valence-corrected chi connectivity index (χ4v) is 1.73. The Balaban J connectivity index is 2.53. The summed E-state index contributed by atoms with van der Waals surface area (Å²) in [6, 6.07) is 10.3. The maximum absolute atomic E-state index is 10.8. The molecule has 0 saturated heterocycles. The first-order chi connectivity index (χ1) is 7.63. The molecule has 2 N–H and O–H groups in total. The summed E-state index contributed by atoms with van der Waals surface area (Å²) in [6.45, 7) is 1.75. The van der Waals surface area contributed by atoms with Gasteiger partial charge in [0.15, 0.2) is 0 Å². The summed E-state index contributed by atoms with van der Waals surface area (Å²) in [6.07, 6.45) is 1.52. The Morgan fingerprint density at radius 3 is 2.50 bits per heavy atom. The van der Waals surface area contributed by atoms with Crippen LogP contribution in [0.3, 0.4) is 0 Å². The number of rotatable bonds is 6. The van der Waals surface area contributed by atoms with Crippen LogP contribution >= 0.6 is 0 Å². The van der Waals surface area contributed by atoms with Crippen molar-refractivity contribution in [2.45, 2.75) is 25.8 Å². The first-order valence-electron chi connectivity index (χ1n) is 5.57. The van der Waals surface area contributed by atoms with E-state index in [0.717, 1.165) is 6.42 Å². The lowest BCUT2D eigenvalue weighted by molar-refractivity contribution is -0.141. The van der Waals surface area contributed by atoms with E-state index in [-0.39, 0.29) is 12.0 Å². The lowest BCUT2D eigenvalue weighted by atomic mass is 9.96. The van der Waals surface area contributed by atoms with Crippen molar-refractivity contribution in [3.8, 4) is 0 Å². The molecule has 0 aliphatic heterocycles. The van der Waals surface area contributed by atoms with Crippen molar-refractivity contribution in [2.75, 3.05) is 7.05 Å². The number of carboxylic acid groups (broad SMARTS) is 1. The zero-order valence-corrected chi connectivity index (χ0v) is 9.81. The van der Waals surface area contributed by atoms with Crippen molar-refractivity contribution in [3.63, 3.8) is 0 Å². The second-order valence-corrected chi connectivity index (χ2v) is 4.15. The van der Waals surface area contributed by atoms with Crippen molar-refractivity contribution in [1.29, 1.82) is 0 Å². The van der Waals surface area contributed by atoms with Gasteiger partial charge in [-0.05, 0) is 25.5 Å². The molecule has 0 bridgehead atoms. The van der Waals surface area contributed by atoms with E-state index in [4.69, 9.17) is 5.11 Å². The van der Waals surface area contributed by atoms with E-state index in [0.29, 0.717) is 6.42 Å². The van der Waals surface area contributed by atoms with Gasteiger partial charge in [0.1, 0.15) is 0 Å². The molecule has 3 heteroatoms. The highest BCUT2D eigenvalue weighted by atomic mass is 16.4. The van der Waals surface area contributed by atoms with E-state index in [9.17, 15) is 4.79 Å². The van der Waals surface area contributed by atoms with Gasteiger partial charge in [0.25, 0.3) is 0 Å². The molecule has 0 unspecified atom stereocenters. The second-order valence-electron chi connectivity index (χ2n) is 4.15. The summed E-state index contributed by atoms with van der Waals surface area (Å²) in [5.41, 5.74) is 1.24. The molecule has 0 aliphatic rings. The number of hydrogen-bond donors (Lipinski definition) is 2. The van der Waals surface area contributed by atoms with Crippen LogP contribution in [0.1, 0.15) is 18.9 Å². The van der Waals surface area contributed by atoms with Gasteiger partial charge in [0.2, 0.25) is 0 Å². The molecule has 0 spiro atoms. The van der Waals surface area contributed by atoms with Gasteiger partial charge in [0, 0.05) is 6.04 Å². The minimum absolute atomic E-state index is 0.216. The first-order valence-corrected chi connectivity index (χ1v) is 5.57. The summed E-state index contributed by atoms with van der Waals surface area (Å²) in [5, 5.41) is 12.0. The van der Waals surface area contributed by atoms with E-state index in [1.807, 2.05) is 25.2 Å². The van der Waals surface area contributed by atoms with Crippen LogP contribution in [-0.4, -0.2) is 24.2 Å². The Hall–Kier alpha value is -1.35. The van der Waals surface area contributed by atoms with Crippen LogP contribution in [0, 0.1) is 5.92 Å². The van der Waals surface area contributed by atoms with E-state index >= 15 is 0 Å². The van der Waals surface area contributed by atoms with Crippen molar-refractivity contribution in [1.82, 2.24) is 5.32 Å². The molecule has 1 aromatic rings. The molecular weight excluding hydrogens is 202 g/mol. The van der Waals surface area contributed by atoms with Crippen LogP contribution in [0.5, 0.6) is 0 Å². The Morgan fingerprint density at radius 2 is 2.00 bits per heavy atom. The lowest BCUT2D eigenvalue weighted by Gasteiger charge is -2.18. The summed E-state index contributed by atoms with van der Waals surface area (Å²) in [4.78, 5) is 10.8. The van der Waals surface area contributed by atoms with E-state index in [1.165, 1.54) is 5.56 Å². The average Bonchev–Trinajstić information content (AvgIpc) is 2.29. The Morgan fingerprint density at radius 1 is 1.38 bits per heavy atom. The highest BCUT2D eigenvalue weighted by molar-refractivity contribution is 5.69. The predicted molar refractivity (Wildman–Crippen MR) is 64.4 cm³/mol. The number of aliphatic carboxylic acids is 1. The fourth-order valence-electron chi connectivity index (χ4n) is 1.73. The maximum atomic E-state index is 10.8. The van der Waals surface area contributed by atoms with Gasteiger partial charge >= 0.3 is 5.97 Å². The second kappa shape index (κ2) is 6.28. The van der Waals surface area contributed by atoms with Gasteiger partial charge < -0.3 is 10.4 Å². The minimum Gasteiger partial charge on any atom is -0.481 e. The zero-order chi connectivity index (χ0) is 12.0. The van der Waals surface area contributed by atoms with Gasteiger partial charge in [-0.2, -0.15) is 0 Å². The quantitative estimate of drug-likeness (QED) is 0.771. The molecule has 0 aliphatic carbocycles. The molecule has 0 fully saturated rings. The van der Waals surface area contributed by atoms with Crippen LogP contribution in [-0.2, 0) is 11.2 Å². The molecule has 0 radical (unpaired) electrons. The van der Waals surface area contributed by atoms with Gasteiger partial charge in [-0.1, -0.05) is 37.3 Å². The zero-order valence-electron chi connectivity index (χ0n) is 9.81. The van der Waals surface area contributed by atoms with Crippen molar-refractivity contribution in [3.05, 3.63) is 35.9 Å². The molecular formula is C13H19NO2. The standard InChI is InChI=1S/C13H19NO2/c1-10(13(15)16)8-12(14-2)9-11-6-4-3-5-7-11/h3-7,10,12,14H,8-9H2,1-2H3,(H,15,16)/t10-,12-/m1/s1. The van der Waals surface area contributed by atoms with Crippen LogP contribution in [0.4, 0.5) is 0 Å². The van der Waals surface area contributed by atoms with Crippen LogP contribution in [0.25, 0.3) is 0 Å². The number of nitrogens with one attached hydrogen (secondary N) is 1. The third kappa shape index (κ3) is 4.03. The van der Waals surface area contributed by atoms with Gasteiger partial charge in [-0.15, -0.1) is 0 Å². The van der Waals surface area contributed by atoms with E-state index in [2.05, 4.69) is 17.4 Å². The molecule has 0 aromatic heterocycles. The van der Waals surface area contributed by atoms with Crippen molar-refractivity contribution >= 4 is 5.97 Å². The molecule has 16 heavy (non-hydrogen) atoms. The normalized spacial score (nSPS) is 14.4. The summed E-state index contributed by atoms with van der Waals surface area (Å²) >= 11 is 0. The van der Waals surface area contributed by atoms with E-state index < -0.39 is 5.97 Å². The highest BCUT2D eigenvalue weighted by Crippen LogP contribution is 2.11. The summed E-state index contributed by atoms with van der Waals surface area (Å²) < 4.78 is 0. The molecule has 0 saturated carbocycles. The number of carboxylic acids is 1. The molecule has 1 rings (SSSR count). The van der Waals surface area contributed by atoms with Crippen LogP contribution < -0.4 is 5.32 Å². The number of likely N-dealkylation sites (N-methyl/N-ethyl adjacent to an activating group) is 1. The van der Waals surface area contributed by atoms with Crippen molar-refractivity contribution in [2.24, 2.45) is 5.92 Å². The summed E-state index contributed by atoms with van der Waals surface area (Å²) in [7, 11) is 1.88. The van der Waals surface area contributed by atoms with Gasteiger partial charge in [-0.25, -0.2) is 0 Å². The topological polar surface area (TPSA) is 49.3 Å². The van der Waals surface area contributed by atoms with Gasteiger partial charge in [-0.3, -0.25) is 4.79 Å². The molecule has 88 valence electrons. The molecule has 2 atom stereocenters. The Labute approximate surface area is 96.5 Å². The Kier molecular flexibility index (Phi) is 4.99. The van der Waals surface area contributed by atoms with Gasteiger partial charge in [0.05, 0.1) is 5.92 Å². The molecule has 0 heterocycles. The SMILES string of the molecule is CN[C@@H](Cc1ccccc1)C[C@@H](C)C(=O)O. The molecule has 3 nitrogen and oxygen atoms in total. The number of carbonyl (C=O) groups is 1. The average molecular weight is 221 g/mol. The third-order valence-corrected chi connectivity index (χ3v) is 2.79. The first kappa shape index (κ1) is 12.7. The lowest BCUT2D eigenvalue weighted by Crippen LogP contribution is -2.31.